The van der Waals surface area contributed by atoms with Gasteiger partial charge in [-0.05, 0) is 30.9 Å². The largest absolute Gasteiger partial charge is 0.384 e. The Labute approximate surface area is 115 Å². The Morgan fingerprint density at radius 1 is 1.37 bits per heavy atom. The summed E-state index contributed by atoms with van der Waals surface area (Å²) in [6.07, 6.45) is 2.94. The van der Waals surface area contributed by atoms with Crippen molar-refractivity contribution >= 4 is 5.78 Å². The molecule has 0 N–H and O–H groups in total. The number of hydrogen-bond donors (Lipinski definition) is 0. The van der Waals surface area contributed by atoms with Gasteiger partial charge < -0.3 is 4.74 Å². The predicted octanol–water partition coefficient (Wildman–Crippen LogP) is 2.16. The third-order valence-electron chi connectivity index (χ3n) is 3.65. The number of nitrogens with zero attached hydrogens (tertiary/aromatic N) is 1. The smallest absolute Gasteiger partial charge is 0.151 e. The van der Waals surface area contributed by atoms with Crippen molar-refractivity contribution in [3.8, 4) is 0 Å². The van der Waals surface area contributed by atoms with Crippen LogP contribution in [0.3, 0.4) is 0 Å². The SMILES string of the molecule is COCC1CCCN(CC(=O)Cc2ccccc2)C1. The van der Waals surface area contributed by atoms with Crippen LogP contribution in [-0.2, 0) is 16.0 Å². The Morgan fingerprint density at radius 3 is 2.89 bits per heavy atom. The van der Waals surface area contributed by atoms with Gasteiger partial charge in [-0.1, -0.05) is 30.3 Å². The Morgan fingerprint density at radius 2 is 2.16 bits per heavy atom. The molecule has 0 spiro atoms. The molecule has 1 aromatic rings. The van der Waals surface area contributed by atoms with Crippen LogP contribution in [0.15, 0.2) is 30.3 Å². The first-order chi connectivity index (χ1) is 9.28. The van der Waals surface area contributed by atoms with E-state index in [-0.39, 0.29) is 0 Å². The topological polar surface area (TPSA) is 29.5 Å². The zero-order valence-electron chi connectivity index (χ0n) is 11.7. The van der Waals surface area contributed by atoms with Gasteiger partial charge in [-0.2, -0.15) is 0 Å². The third kappa shape index (κ3) is 4.77. The summed E-state index contributed by atoms with van der Waals surface area (Å²) in [5.41, 5.74) is 1.11. The Hall–Kier alpha value is -1.19. The summed E-state index contributed by atoms with van der Waals surface area (Å²) in [4.78, 5) is 14.3. The van der Waals surface area contributed by atoms with E-state index in [1.54, 1.807) is 7.11 Å². The van der Waals surface area contributed by atoms with Crippen molar-refractivity contribution in [2.45, 2.75) is 19.3 Å². The molecule has 0 aliphatic carbocycles. The molecule has 0 radical (unpaired) electrons. The maximum atomic E-state index is 12.1. The third-order valence-corrected chi connectivity index (χ3v) is 3.65. The number of piperidine rings is 1. The maximum absolute atomic E-state index is 12.1. The average Bonchev–Trinajstić information content (AvgIpc) is 2.40. The highest BCUT2D eigenvalue weighted by Gasteiger charge is 2.21. The molecular formula is C16H23NO2. The molecule has 1 heterocycles. The minimum Gasteiger partial charge on any atom is -0.384 e. The molecule has 0 amide bonds. The molecule has 2 rings (SSSR count). The van der Waals surface area contributed by atoms with Gasteiger partial charge in [0.1, 0.15) is 0 Å². The second-order valence-electron chi connectivity index (χ2n) is 5.40. The lowest BCUT2D eigenvalue weighted by Gasteiger charge is -2.31. The van der Waals surface area contributed by atoms with E-state index in [0.717, 1.165) is 25.3 Å². The molecule has 0 saturated carbocycles. The first-order valence-electron chi connectivity index (χ1n) is 7.05. The van der Waals surface area contributed by atoms with Crippen molar-refractivity contribution in [3.63, 3.8) is 0 Å². The molecule has 3 nitrogen and oxygen atoms in total. The summed E-state index contributed by atoms with van der Waals surface area (Å²) in [6, 6.07) is 9.98. The lowest BCUT2D eigenvalue weighted by atomic mass is 9.98. The van der Waals surface area contributed by atoms with Crippen molar-refractivity contribution in [1.29, 1.82) is 0 Å². The number of Topliss-reactive ketones (excluding diaryl/α,β-unsaturated/α-hetero) is 1. The molecule has 0 aromatic heterocycles. The van der Waals surface area contributed by atoms with Crippen LogP contribution in [0.4, 0.5) is 0 Å². The summed E-state index contributed by atoms with van der Waals surface area (Å²) >= 11 is 0. The van der Waals surface area contributed by atoms with Crippen LogP contribution >= 0.6 is 0 Å². The van der Waals surface area contributed by atoms with Gasteiger partial charge in [0.15, 0.2) is 5.78 Å². The number of ether oxygens (including phenoxy) is 1. The molecule has 19 heavy (non-hydrogen) atoms. The summed E-state index contributed by atoms with van der Waals surface area (Å²) < 4.78 is 5.22. The van der Waals surface area contributed by atoms with E-state index in [1.165, 1.54) is 12.8 Å². The first-order valence-corrected chi connectivity index (χ1v) is 7.05. The molecule has 1 aliphatic rings. The molecule has 104 valence electrons. The van der Waals surface area contributed by atoms with Gasteiger partial charge in [0.25, 0.3) is 0 Å². The summed E-state index contributed by atoms with van der Waals surface area (Å²) in [7, 11) is 1.75. The fourth-order valence-electron chi connectivity index (χ4n) is 2.80. The van der Waals surface area contributed by atoms with Crippen LogP contribution in [0.1, 0.15) is 18.4 Å². The first kappa shape index (κ1) is 14.2. The number of likely N-dealkylation sites (tertiary alicyclic amines) is 1. The molecule has 1 aromatic carbocycles. The van der Waals surface area contributed by atoms with Crippen LogP contribution in [0.2, 0.25) is 0 Å². The highest BCUT2D eigenvalue weighted by atomic mass is 16.5. The van der Waals surface area contributed by atoms with E-state index in [1.807, 2.05) is 30.3 Å². The van der Waals surface area contributed by atoms with Gasteiger partial charge >= 0.3 is 0 Å². The molecule has 1 atom stereocenters. The number of methoxy groups -OCH3 is 1. The summed E-state index contributed by atoms with van der Waals surface area (Å²) in [6.45, 7) is 3.42. The molecule has 3 heteroatoms. The highest BCUT2D eigenvalue weighted by Crippen LogP contribution is 2.16. The van der Waals surface area contributed by atoms with Crippen LogP contribution in [0.5, 0.6) is 0 Å². The van der Waals surface area contributed by atoms with Crippen LogP contribution in [0, 0.1) is 5.92 Å². The monoisotopic (exact) mass is 261 g/mol. The number of rotatable bonds is 6. The van der Waals surface area contributed by atoms with Gasteiger partial charge in [0.05, 0.1) is 13.2 Å². The second kappa shape index (κ2) is 7.41. The molecule has 1 saturated heterocycles. The molecule has 1 unspecified atom stereocenters. The lowest BCUT2D eigenvalue weighted by Crippen LogP contribution is -2.40. The zero-order valence-corrected chi connectivity index (χ0v) is 11.7. The Kier molecular flexibility index (Phi) is 5.55. The van der Waals surface area contributed by atoms with Gasteiger partial charge in [-0.25, -0.2) is 0 Å². The zero-order chi connectivity index (χ0) is 13.5. The number of hydrogen-bond acceptors (Lipinski definition) is 3. The van der Waals surface area contributed by atoms with Gasteiger partial charge in [0.2, 0.25) is 0 Å². The van der Waals surface area contributed by atoms with Crippen LogP contribution < -0.4 is 0 Å². The van der Waals surface area contributed by atoms with Gasteiger partial charge in [-0.15, -0.1) is 0 Å². The fraction of sp³-hybridized carbons (Fsp3) is 0.562. The number of carbonyl (C=O) groups excluding carboxylic acids is 1. The van der Waals surface area contributed by atoms with E-state index < -0.39 is 0 Å². The van der Waals surface area contributed by atoms with Crippen molar-refractivity contribution in [1.82, 2.24) is 4.90 Å². The van der Waals surface area contributed by atoms with Crippen molar-refractivity contribution in [2.75, 3.05) is 33.4 Å². The summed E-state index contributed by atoms with van der Waals surface area (Å²) in [5.74, 6) is 0.896. The molecule has 0 bridgehead atoms. The molecule has 1 aliphatic heterocycles. The number of benzene rings is 1. The van der Waals surface area contributed by atoms with Crippen molar-refractivity contribution in [2.24, 2.45) is 5.92 Å². The average molecular weight is 261 g/mol. The number of carbonyl (C=O) groups is 1. The highest BCUT2D eigenvalue weighted by molar-refractivity contribution is 5.82. The second-order valence-corrected chi connectivity index (χ2v) is 5.40. The minimum atomic E-state index is 0.310. The standard InChI is InChI=1S/C16H23NO2/c1-19-13-15-8-5-9-17(11-15)12-16(18)10-14-6-3-2-4-7-14/h2-4,6-7,15H,5,8-13H2,1H3. The van der Waals surface area contributed by atoms with E-state index in [4.69, 9.17) is 4.74 Å². The van der Waals surface area contributed by atoms with Gasteiger partial charge in [0, 0.05) is 20.1 Å². The normalized spacial score (nSPS) is 20.4. The lowest BCUT2D eigenvalue weighted by molar-refractivity contribution is -0.120. The maximum Gasteiger partial charge on any atom is 0.151 e. The van der Waals surface area contributed by atoms with E-state index in [9.17, 15) is 4.79 Å². The van der Waals surface area contributed by atoms with Gasteiger partial charge in [-0.3, -0.25) is 9.69 Å². The van der Waals surface area contributed by atoms with E-state index >= 15 is 0 Å². The minimum absolute atomic E-state index is 0.310. The quantitative estimate of drug-likeness (QED) is 0.786. The molecular weight excluding hydrogens is 238 g/mol. The van der Waals surface area contributed by atoms with Crippen LogP contribution in [-0.4, -0.2) is 44.0 Å². The van der Waals surface area contributed by atoms with Crippen LogP contribution in [0.25, 0.3) is 0 Å². The predicted molar refractivity (Wildman–Crippen MR) is 76.2 cm³/mol. The van der Waals surface area contributed by atoms with E-state index in [0.29, 0.717) is 24.7 Å². The fourth-order valence-corrected chi connectivity index (χ4v) is 2.80. The summed E-state index contributed by atoms with van der Waals surface area (Å²) in [5, 5.41) is 0. The molecule has 1 fully saturated rings. The van der Waals surface area contributed by atoms with Crippen molar-refractivity contribution < 1.29 is 9.53 Å². The Balaban J connectivity index is 1.78. The Bertz CT molecular complexity index is 389. The number of ketones is 1. The van der Waals surface area contributed by atoms with E-state index in [2.05, 4.69) is 4.90 Å². The van der Waals surface area contributed by atoms with Crippen molar-refractivity contribution in [3.05, 3.63) is 35.9 Å².